The van der Waals surface area contributed by atoms with Gasteiger partial charge in [-0.05, 0) is 34.4 Å². The Kier molecular flexibility index (Phi) is 3.95. The van der Waals surface area contributed by atoms with Crippen molar-refractivity contribution in [2.75, 3.05) is 0 Å². The van der Waals surface area contributed by atoms with E-state index in [0.717, 1.165) is 17.0 Å². The third-order valence-corrected chi connectivity index (χ3v) is 4.21. The van der Waals surface area contributed by atoms with Crippen LogP contribution in [0.25, 0.3) is 10.8 Å². The van der Waals surface area contributed by atoms with Gasteiger partial charge in [-0.1, -0.05) is 72.3 Å². The molecule has 3 aromatic carbocycles. The summed E-state index contributed by atoms with van der Waals surface area (Å²) >= 11 is 12.7. The summed E-state index contributed by atoms with van der Waals surface area (Å²) in [6, 6.07) is 22.6. The normalized spacial score (nSPS) is 12.5. The van der Waals surface area contributed by atoms with Crippen molar-refractivity contribution in [2.24, 2.45) is 0 Å². The molecule has 0 nitrogen and oxygen atoms in total. The summed E-state index contributed by atoms with van der Waals surface area (Å²) in [5, 5.41) is 3.12. The van der Waals surface area contributed by atoms with Crippen molar-refractivity contribution in [1.82, 2.24) is 0 Å². The monoisotopic (exact) mass is 300 g/mol. The van der Waals surface area contributed by atoms with Crippen LogP contribution >= 0.6 is 23.2 Å². The minimum absolute atomic E-state index is 0.107. The van der Waals surface area contributed by atoms with E-state index in [2.05, 4.69) is 42.5 Å². The molecule has 0 heterocycles. The van der Waals surface area contributed by atoms with E-state index in [9.17, 15) is 0 Å². The van der Waals surface area contributed by atoms with E-state index in [1.807, 2.05) is 24.3 Å². The second-order valence-electron chi connectivity index (χ2n) is 4.87. The van der Waals surface area contributed by atoms with Gasteiger partial charge in [0.25, 0.3) is 0 Å². The van der Waals surface area contributed by atoms with E-state index < -0.39 is 0 Å². The molecule has 0 bridgehead atoms. The van der Waals surface area contributed by atoms with Crippen molar-refractivity contribution in [3.63, 3.8) is 0 Å². The number of hydrogen-bond acceptors (Lipinski definition) is 0. The van der Waals surface area contributed by atoms with E-state index in [0.29, 0.717) is 0 Å². The van der Waals surface area contributed by atoms with Crippen LogP contribution in [0.1, 0.15) is 16.5 Å². The molecule has 3 rings (SSSR count). The van der Waals surface area contributed by atoms with Gasteiger partial charge in [0, 0.05) is 5.02 Å². The SMILES string of the molecule is Clc1ccccc1C(Cl)Cc1ccc2ccccc2c1. The number of halogens is 2. The van der Waals surface area contributed by atoms with Gasteiger partial charge in [0.2, 0.25) is 0 Å². The summed E-state index contributed by atoms with van der Waals surface area (Å²) in [5.41, 5.74) is 2.22. The van der Waals surface area contributed by atoms with Crippen LogP contribution in [-0.4, -0.2) is 0 Å². The van der Waals surface area contributed by atoms with Crippen LogP contribution in [0.4, 0.5) is 0 Å². The fourth-order valence-electron chi connectivity index (χ4n) is 2.41. The molecule has 0 radical (unpaired) electrons. The quantitative estimate of drug-likeness (QED) is 0.519. The van der Waals surface area contributed by atoms with Crippen LogP contribution in [0.5, 0.6) is 0 Å². The van der Waals surface area contributed by atoms with Gasteiger partial charge in [-0.25, -0.2) is 0 Å². The molecule has 0 fully saturated rings. The lowest BCUT2D eigenvalue weighted by atomic mass is 10.0. The Balaban J connectivity index is 1.87. The first kappa shape index (κ1) is 13.5. The second-order valence-corrected chi connectivity index (χ2v) is 5.81. The maximum Gasteiger partial charge on any atom is 0.0640 e. The third kappa shape index (κ3) is 2.82. The molecular formula is C18H14Cl2. The summed E-state index contributed by atoms with van der Waals surface area (Å²) in [7, 11) is 0. The van der Waals surface area contributed by atoms with Crippen LogP contribution in [0.3, 0.4) is 0 Å². The summed E-state index contributed by atoms with van der Waals surface area (Å²) in [6.07, 6.45) is 0.774. The van der Waals surface area contributed by atoms with E-state index in [-0.39, 0.29) is 5.38 Å². The minimum atomic E-state index is -0.107. The largest absolute Gasteiger partial charge is 0.117 e. The highest BCUT2D eigenvalue weighted by Crippen LogP contribution is 2.31. The Labute approximate surface area is 129 Å². The van der Waals surface area contributed by atoms with E-state index in [4.69, 9.17) is 23.2 Å². The fourth-order valence-corrected chi connectivity index (χ4v) is 3.10. The van der Waals surface area contributed by atoms with Gasteiger partial charge in [0.15, 0.2) is 0 Å². The number of hydrogen-bond donors (Lipinski definition) is 0. The van der Waals surface area contributed by atoms with Crippen LogP contribution in [0, 0.1) is 0 Å². The first-order valence-corrected chi connectivity index (χ1v) is 7.41. The van der Waals surface area contributed by atoms with Crippen LogP contribution in [0.15, 0.2) is 66.7 Å². The highest BCUT2D eigenvalue weighted by Gasteiger charge is 2.12. The summed E-state index contributed by atoms with van der Waals surface area (Å²) in [6.45, 7) is 0. The lowest BCUT2D eigenvalue weighted by Gasteiger charge is -2.12. The summed E-state index contributed by atoms with van der Waals surface area (Å²) < 4.78 is 0. The fraction of sp³-hybridized carbons (Fsp3) is 0.111. The van der Waals surface area contributed by atoms with Gasteiger partial charge in [-0.2, -0.15) is 0 Å². The van der Waals surface area contributed by atoms with Gasteiger partial charge >= 0.3 is 0 Å². The van der Waals surface area contributed by atoms with E-state index >= 15 is 0 Å². The average Bonchev–Trinajstić information content (AvgIpc) is 2.47. The Hall–Kier alpha value is -1.50. The predicted molar refractivity (Wildman–Crippen MR) is 87.7 cm³/mol. The molecule has 0 aliphatic carbocycles. The first-order valence-electron chi connectivity index (χ1n) is 6.60. The topological polar surface area (TPSA) is 0 Å². The second kappa shape index (κ2) is 5.87. The van der Waals surface area contributed by atoms with E-state index in [1.165, 1.54) is 16.3 Å². The van der Waals surface area contributed by atoms with Gasteiger partial charge < -0.3 is 0 Å². The molecule has 0 N–H and O–H groups in total. The zero-order valence-electron chi connectivity index (χ0n) is 10.9. The number of fused-ring (bicyclic) bond motifs is 1. The molecule has 1 unspecified atom stereocenters. The van der Waals surface area contributed by atoms with Gasteiger partial charge in [-0.15, -0.1) is 11.6 Å². The zero-order valence-corrected chi connectivity index (χ0v) is 12.4. The maximum absolute atomic E-state index is 6.51. The Morgan fingerprint density at radius 3 is 2.30 bits per heavy atom. The maximum atomic E-state index is 6.51. The third-order valence-electron chi connectivity index (χ3n) is 3.47. The first-order chi connectivity index (χ1) is 9.74. The standard InChI is InChI=1S/C18H14Cl2/c19-17-8-4-3-7-16(17)18(20)12-13-9-10-14-5-1-2-6-15(14)11-13/h1-11,18H,12H2. The van der Waals surface area contributed by atoms with Gasteiger partial charge in [0.05, 0.1) is 5.38 Å². The minimum Gasteiger partial charge on any atom is -0.117 e. The molecule has 0 saturated carbocycles. The van der Waals surface area contributed by atoms with Crippen LogP contribution in [0.2, 0.25) is 5.02 Å². The predicted octanol–water partition coefficient (Wildman–Crippen LogP) is 6.02. The molecule has 1 atom stereocenters. The van der Waals surface area contributed by atoms with Crippen molar-refractivity contribution < 1.29 is 0 Å². The smallest absolute Gasteiger partial charge is 0.0640 e. The Morgan fingerprint density at radius 2 is 1.50 bits per heavy atom. The number of alkyl halides is 1. The molecule has 100 valence electrons. The van der Waals surface area contributed by atoms with Crippen molar-refractivity contribution in [1.29, 1.82) is 0 Å². The van der Waals surface area contributed by atoms with Crippen LogP contribution < -0.4 is 0 Å². The lowest BCUT2D eigenvalue weighted by Crippen LogP contribution is -1.96. The molecular weight excluding hydrogens is 287 g/mol. The van der Waals surface area contributed by atoms with Crippen molar-refractivity contribution in [3.8, 4) is 0 Å². The molecule has 20 heavy (non-hydrogen) atoms. The molecule has 0 saturated heterocycles. The van der Waals surface area contributed by atoms with Crippen LogP contribution in [-0.2, 0) is 6.42 Å². The summed E-state index contributed by atoms with van der Waals surface area (Å²) in [4.78, 5) is 0. The molecule has 2 heteroatoms. The van der Waals surface area contributed by atoms with Crippen molar-refractivity contribution >= 4 is 34.0 Å². The molecule has 0 aromatic heterocycles. The molecule has 0 aliphatic rings. The Morgan fingerprint density at radius 1 is 0.800 bits per heavy atom. The summed E-state index contributed by atoms with van der Waals surface area (Å²) in [5.74, 6) is 0. The van der Waals surface area contributed by atoms with Gasteiger partial charge in [0.1, 0.15) is 0 Å². The van der Waals surface area contributed by atoms with Crippen molar-refractivity contribution in [3.05, 3.63) is 82.9 Å². The molecule has 0 aliphatic heterocycles. The molecule has 3 aromatic rings. The Bertz CT molecular complexity index is 734. The lowest BCUT2D eigenvalue weighted by molar-refractivity contribution is 0.922. The molecule has 0 spiro atoms. The number of benzene rings is 3. The average molecular weight is 301 g/mol. The highest BCUT2D eigenvalue weighted by atomic mass is 35.5. The van der Waals surface area contributed by atoms with E-state index in [1.54, 1.807) is 0 Å². The van der Waals surface area contributed by atoms with Crippen molar-refractivity contribution in [2.45, 2.75) is 11.8 Å². The number of rotatable bonds is 3. The molecule has 0 amide bonds. The zero-order chi connectivity index (χ0) is 13.9. The highest BCUT2D eigenvalue weighted by molar-refractivity contribution is 6.32. The van der Waals surface area contributed by atoms with Gasteiger partial charge in [-0.3, -0.25) is 0 Å².